The molecular formula is C11H12BrN3O2S. The first kappa shape index (κ1) is 12.1. The van der Waals surface area contributed by atoms with Gasteiger partial charge in [-0.1, -0.05) is 0 Å². The van der Waals surface area contributed by atoms with Crippen LogP contribution in [-0.4, -0.2) is 35.2 Å². The van der Waals surface area contributed by atoms with Gasteiger partial charge in [0.1, 0.15) is 5.65 Å². The van der Waals surface area contributed by atoms with Crippen LogP contribution in [0.5, 0.6) is 0 Å². The summed E-state index contributed by atoms with van der Waals surface area (Å²) in [5, 5.41) is 0.237. The molecule has 1 saturated heterocycles. The summed E-state index contributed by atoms with van der Waals surface area (Å²) in [4.78, 5) is 4.13. The standard InChI is InChI=1S/C11H12BrN3O2S/c12-9-3-4-10-13-7-11(15(10)8-9)18(16,17)14-5-1-2-6-14/h3-4,7-8H,1-2,5-6H2. The molecule has 1 fully saturated rings. The first-order valence-corrected chi connectivity index (χ1v) is 7.95. The maximum absolute atomic E-state index is 12.5. The highest BCUT2D eigenvalue weighted by molar-refractivity contribution is 9.10. The molecule has 1 aliphatic rings. The van der Waals surface area contributed by atoms with Crippen molar-refractivity contribution in [3.05, 3.63) is 29.0 Å². The minimum absolute atomic E-state index is 0.237. The number of pyridine rings is 1. The Morgan fingerprint density at radius 3 is 2.67 bits per heavy atom. The van der Waals surface area contributed by atoms with Gasteiger partial charge in [-0.15, -0.1) is 0 Å². The monoisotopic (exact) mass is 329 g/mol. The molecular weight excluding hydrogens is 318 g/mol. The number of hydrogen-bond donors (Lipinski definition) is 0. The summed E-state index contributed by atoms with van der Waals surface area (Å²) in [6.07, 6.45) is 5.01. The first-order chi connectivity index (χ1) is 8.59. The Bertz CT molecular complexity index is 689. The van der Waals surface area contributed by atoms with Crippen molar-refractivity contribution < 1.29 is 8.42 Å². The molecule has 0 atom stereocenters. The number of rotatable bonds is 2. The van der Waals surface area contributed by atoms with Gasteiger partial charge in [0.15, 0.2) is 5.03 Å². The molecule has 3 heterocycles. The third kappa shape index (κ3) is 1.86. The van der Waals surface area contributed by atoms with Crippen molar-refractivity contribution >= 4 is 31.6 Å². The van der Waals surface area contributed by atoms with Crippen molar-refractivity contribution in [2.75, 3.05) is 13.1 Å². The normalized spacial score (nSPS) is 17.6. The van der Waals surface area contributed by atoms with Crippen LogP contribution in [0.4, 0.5) is 0 Å². The zero-order chi connectivity index (χ0) is 12.8. The number of sulfonamides is 1. The average Bonchev–Trinajstić information content (AvgIpc) is 2.97. The number of fused-ring (bicyclic) bond motifs is 1. The van der Waals surface area contributed by atoms with Crippen LogP contribution >= 0.6 is 15.9 Å². The Balaban J connectivity index is 2.16. The smallest absolute Gasteiger partial charge is 0.260 e. The van der Waals surface area contributed by atoms with Crippen molar-refractivity contribution in [2.45, 2.75) is 17.9 Å². The van der Waals surface area contributed by atoms with Crippen LogP contribution in [0.2, 0.25) is 0 Å². The van der Waals surface area contributed by atoms with E-state index in [1.165, 1.54) is 10.5 Å². The van der Waals surface area contributed by atoms with Crippen LogP contribution in [0.3, 0.4) is 0 Å². The van der Waals surface area contributed by atoms with Crippen LogP contribution in [0.15, 0.2) is 34.0 Å². The summed E-state index contributed by atoms with van der Waals surface area (Å²) in [6, 6.07) is 3.63. The van der Waals surface area contributed by atoms with Crippen LogP contribution in [0.25, 0.3) is 5.65 Å². The minimum atomic E-state index is -3.43. The molecule has 7 heteroatoms. The van der Waals surface area contributed by atoms with Crippen molar-refractivity contribution in [3.8, 4) is 0 Å². The first-order valence-electron chi connectivity index (χ1n) is 5.72. The van der Waals surface area contributed by atoms with Crippen LogP contribution in [0, 0.1) is 0 Å². The van der Waals surface area contributed by atoms with Gasteiger partial charge in [-0.05, 0) is 40.9 Å². The van der Waals surface area contributed by atoms with E-state index in [-0.39, 0.29) is 5.03 Å². The molecule has 1 aliphatic heterocycles. The molecule has 18 heavy (non-hydrogen) atoms. The predicted octanol–water partition coefficient (Wildman–Crippen LogP) is 1.88. The SMILES string of the molecule is O=S(=O)(c1cnc2ccc(Br)cn12)N1CCCC1. The lowest BCUT2D eigenvalue weighted by Crippen LogP contribution is -2.28. The lowest BCUT2D eigenvalue weighted by atomic mass is 10.4. The quantitative estimate of drug-likeness (QED) is 0.845. The zero-order valence-electron chi connectivity index (χ0n) is 9.58. The lowest BCUT2D eigenvalue weighted by Gasteiger charge is -2.14. The van der Waals surface area contributed by atoms with Crippen molar-refractivity contribution in [2.24, 2.45) is 0 Å². The summed E-state index contributed by atoms with van der Waals surface area (Å²) < 4.78 is 28.9. The van der Waals surface area contributed by atoms with Crippen molar-refractivity contribution in [3.63, 3.8) is 0 Å². The Hall–Kier alpha value is -0.920. The zero-order valence-corrected chi connectivity index (χ0v) is 12.0. The van der Waals surface area contributed by atoms with Crippen molar-refractivity contribution in [1.82, 2.24) is 13.7 Å². The van der Waals surface area contributed by atoms with E-state index in [0.29, 0.717) is 18.7 Å². The molecule has 0 saturated carbocycles. The highest BCUT2D eigenvalue weighted by Crippen LogP contribution is 2.22. The third-order valence-electron chi connectivity index (χ3n) is 3.10. The number of imidazole rings is 1. The Labute approximate surface area is 114 Å². The Kier molecular flexibility index (Phi) is 2.91. The average molecular weight is 330 g/mol. The van der Waals surface area contributed by atoms with E-state index in [9.17, 15) is 8.42 Å². The molecule has 96 valence electrons. The van der Waals surface area contributed by atoms with Gasteiger partial charge in [0.2, 0.25) is 0 Å². The molecule has 0 aromatic carbocycles. The molecule has 0 N–H and O–H groups in total. The second-order valence-electron chi connectivity index (χ2n) is 4.28. The topological polar surface area (TPSA) is 54.7 Å². The molecule has 0 spiro atoms. The molecule has 0 radical (unpaired) electrons. The summed E-state index contributed by atoms with van der Waals surface area (Å²) in [5.41, 5.74) is 0.635. The third-order valence-corrected chi connectivity index (χ3v) is 5.45. The van der Waals surface area contributed by atoms with Gasteiger partial charge in [0.25, 0.3) is 10.0 Å². The van der Waals surface area contributed by atoms with Gasteiger partial charge in [0.05, 0.1) is 6.20 Å². The molecule has 5 nitrogen and oxygen atoms in total. The fourth-order valence-electron chi connectivity index (χ4n) is 2.18. The fourth-order valence-corrected chi connectivity index (χ4v) is 4.10. The molecule has 2 aromatic heterocycles. The lowest BCUT2D eigenvalue weighted by molar-refractivity contribution is 0.473. The number of nitrogens with zero attached hydrogens (tertiary/aromatic N) is 3. The minimum Gasteiger partial charge on any atom is -0.288 e. The number of hydrogen-bond acceptors (Lipinski definition) is 3. The molecule has 0 bridgehead atoms. The van der Waals surface area contributed by atoms with Gasteiger partial charge < -0.3 is 0 Å². The maximum atomic E-state index is 12.5. The molecule has 3 rings (SSSR count). The van der Waals surface area contributed by atoms with Crippen LogP contribution < -0.4 is 0 Å². The van der Waals surface area contributed by atoms with Gasteiger partial charge in [-0.3, -0.25) is 4.40 Å². The fraction of sp³-hybridized carbons (Fsp3) is 0.364. The highest BCUT2D eigenvalue weighted by atomic mass is 79.9. The summed E-state index contributed by atoms with van der Waals surface area (Å²) in [5.74, 6) is 0. The molecule has 2 aromatic rings. The van der Waals surface area contributed by atoms with E-state index < -0.39 is 10.0 Å². The Morgan fingerprint density at radius 1 is 1.22 bits per heavy atom. The molecule has 0 amide bonds. The predicted molar refractivity (Wildman–Crippen MR) is 70.9 cm³/mol. The molecule has 0 aliphatic carbocycles. The van der Waals surface area contributed by atoms with Gasteiger partial charge in [-0.2, -0.15) is 4.31 Å². The van der Waals surface area contributed by atoms with E-state index in [2.05, 4.69) is 20.9 Å². The largest absolute Gasteiger partial charge is 0.288 e. The second-order valence-corrected chi connectivity index (χ2v) is 7.08. The summed E-state index contributed by atoms with van der Waals surface area (Å²) in [6.45, 7) is 1.20. The van der Waals surface area contributed by atoms with Crippen molar-refractivity contribution in [1.29, 1.82) is 0 Å². The van der Waals surface area contributed by atoms with Crippen LogP contribution in [-0.2, 0) is 10.0 Å². The second kappa shape index (κ2) is 4.32. The summed E-state index contributed by atoms with van der Waals surface area (Å²) >= 11 is 3.34. The number of halogens is 1. The van der Waals surface area contributed by atoms with E-state index in [4.69, 9.17) is 0 Å². The van der Waals surface area contributed by atoms with Gasteiger partial charge in [-0.25, -0.2) is 13.4 Å². The Morgan fingerprint density at radius 2 is 1.94 bits per heavy atom. The maximum Gasteiger partial charge on any atom is 0.260 e. The molecule has 0 unspecified atom stereocenters. The van der Waals surface area contributed by atoms with Gasteiger partial charge in [0, 0.05) is 23.8 Å². The number of aromatic nitrogens is 2. The van der Waals surface area contributed by atoms with Crippen LogP contribution in [0.1, 0.15) is 12.8 Å². The highest BCUT2D eigenvalue weighted by Gasteiger charge is 2.29. The van der Waals surface area contributed by atoms with E-state index in [0.717, 1.165) is 17.3 Å². The van der Waals surface area contributed by atoms with E-state index in [1.54, 1.807) is 16.7 Å². The van der Waals surface area contributed by atoms with E-state index in [1.807, 2.05) is 6.07 Å². The van der Waals surface area contributed by atoms with E-state index >= 15 is 0 Å². The van der Waals surface area contributed by atoms with Gasteiger partial charge >= 0.3 is 0 Å². The summed E-state index contributed by atoms with van der Waals surface area (Å²) in [7, 11) is -3.43.